The normalized spacial score (nSPS) is 25.4. The van der Waals surface area contributed by atoms with Crippen molar-refractivity contribution in [1.29, 1.82) is 0 Å². The quantitative estimate of drug-likeness (QED) is 0.394. The molecule has 2 fully saturated rings. The summed E-state index contributed by atoms with van der Waals surface area (Å²) in [6.07, 6.45) is 6.02. The van der Waals surface area contributed by atoms with Crippen molar-refractivity contribution in [2.24, 2.45) is 0 Å². The first-order chi connectivity index (χ1) is 14.0. The number of amides is 3. The van der Waals surface area contributed by atoms with Gasteiger partial charge in [-0.3, -0.25) is 9.59 Å². The van der Waals surface area contributed by atoms with Crippen molar-refractivity contribution in [3.63, 3.8) is 0 Å². The monoisotopic (exact) mass is 434 g/mol. The van der Waals surface area contributed by atoms with Crippen LogP contribution in [0.15, 0.2) is 11.4 Å². The van der Waals surface area contributed by atoms with Gasteiger partial charge in [-0.1, -0.05) is 12.8 Å². The summed E-state index contributed by atoms with van der Waals surface area (Å²) < 4.78 is 17.3. The van der Waals surface area contributed by atoms with Gasteiger partial charge in [-0.15, -0.1) is 0 Å². The van der Waals surface area contributed by atoms with E-state index in [0.717, 1.165) is 31.2 Å². The molecule has 1 aliphatic carbocycles. The van der Waals surface area contributed by atoms with Crippen molar-refractivity contribution in [2.45, 2.75) is 81.6 Å². The molecule has 2 aliphatic heterocycles. The van der Waals surface area contributed by atoms with E-state index in [1.807, 2.05) is 4.90 Å². The van der Waals surface area contributed by atoms with E-state index < -0.39 is 40.2 Å². The van der Waals surface area contributed by atoms with Gasteiger partial charge in [0.2, 0.25) is 5.91 Å². The van der Waals surface area contributed by atoms with Gasteiger partial charge in [-0.05, 0) is 33.6 Å². The van der Waals surface area contributed by atoms with E-state index in [0.29, 0.717) is 10.7 Å². The molecule has 1 aromatic rings. The van der Waals surface area contributed by atoms with Crippen LogP contribution in [0.3, 0.4) is 0 Å². The number of aromatic nitrogens is 2. The summed E-state index contributed by atoms with van der Waals surface area (Å²) in [4.78, 5) is 50.3. The SMILES string of the molecule is C[S+]([O-])c1ncc2c(n1)N(C1CCCC1)C1(CC(=O)N(C(=O)OC(C)(C)C)C1=O)C2. The Balaban J connectivity index is 1.75. The lowest BCUT2D eigenvalue weighted by Crippen LogP contribution is -2.57. The average Bonchev–Trinajstić information content (AvgIpc) is 3.30. The standard InChI is InChI=1S/C20H26N4O5S/c1-19(2,3)29-18(27)23-14(25)10-20(16(23)26)9-12-11-21-17(30(4)28)22-15(12)24(20)13-7-5-6-8-13/h11,13H,5-10H2,1-4H3. The van der Waals surface area contributed by atoms with Crippen molar-refractivity contribution in [1.82, 2.24) is 14.9 Å². The highest BCUT2D eigenvalue weighted by Gasteiger charge is 2.63. The number of carbonyl (C=O) groups excluding carboxylic acids is 3. The van der Waals surface area contributed by atoms with Gasteiger partial charge in [0.25, 0.3) is 5.91 Å². The van der Waals surface area contributed by atoms with Crippen LogP contribution in [-0.2, 0) is 31.9 Å². The lowest BCUT2D eigenvalue weighted by Gasteiger charge is -2.38. The van der Waals surface area contributed by atoms with E-state index in [1.54, 1.807) is 27.0 Å². The van der Waals surface area contributed by atoms with Crippen LogP contribution in [0.2, 0.25) is 0 Å². The number of imide groups is 3. The first kappa shape index (κ1) is 21.0. The zero-order chi connectivity index (χ0) is 21.8. The van der Waals surface area contributed by atoms with Crippen molar-refractivity contribution < 1.29 is 23.7 Å². The van der Waals surface area contributed by atoms with Crippen LogP contribution in [0.1, 0.15) is 58.4 Å². The number of likely N-dealkylation sites (tertiary alicyclic amines) is 1. The third-order valence-corrected chi connectivity index (χ3v) is 6.52. The minimum Gasteiger partial charge on any atom is -0.609 e. The molecule has 2 unspecified atom stereocenters. The summed E-state index contributed by atoms with van der Waals surface area (Å²) in [5.41, 5.74) is -1.32. The highest BCUT2D eigenvalue weighted by atomic mass is 32.2. The van der Waals surface area contributed by atoms with Crippen LogP contribution in [0.25, 0.3) is 0 Å². The van der Waals surface area contributed by atoms with Crippen LogP contribution in [0.5, 0.6) is 0 Å². The number of nitrogens with zero attached hydrogens (tertiary/aromatic N) is 4. The van der Waals surface area contributed by atoms with Gasteiger partial charge in [0, 0.05) is 35.4 Å². The molecule has 1 aromatic heterocycles. The fourth-order valence-electron chi connectivity index (χ4n) is 4.69. The fourth-order valence-corrected chi connectivity index (χ4v) is 5.10. The average molecular weight is 435 g/mol. The number of carbonyl (C=O) groups is 3. The summed E-state index contributed by atoms with van der Waals surface area (Å²) in [6.45, 7) is 5.05. The van der Waals surface area contributed by atoms with E-state index in [9.17, 15) is 18.9 Å². The summed E-state index contributed by atoms with van der Waals surface area (Å²) in [5.74, 6) is -0.600. The third kappa shape index (κ3) is 3.35. The number of hydrogen-bond acceptors (Lipinski definition) is 8. The smallest absolute Gasteiger partial charge is 0.424 e. The Morgan fingerprint density at radius 3 is 2.53 bits per heavy atom. The van der Waals surface area contributed by atoms with Crippen LogP contribution in [0.4, 0.5) is 10.6 Å². The summed E-state index contributed by atoms with van der Waals surface area (Å²) in [6, 6.07) is 0.0228. The van der Waals surface area contributed by atoms with Crippen molar-refractivity contribution in [2.75, 3.05) is 11.2 Å². The molecule has 3 aliphatic rings. The molecule has 1 saturated carbocycles. The topological polar surface area (TPSA) is 116 Å². The van der Waals surface area contributed by atoms with Crippen molar-refractivity contribution >= 4 is 34.9 Å². The minimum absolute atomic E-state index is 0.0228. The number of hydrogen-bond donors (Lipinski definition) is 0. The molecule has 0 N–H and O–H groups in total. The van der Waals surface area contributed by atoms with Gasteiger partial charge in [0.05, 0.1) is 6.42 Å². The molecule has 0 bridgehead atoms. The van der Waals surface area contributed by atoms with Crippen LogP contribution < -0.4 is 4.90 Å². The lowest BCUT2D eigenvalue weighted by atomic mass is 9.91. The van der Waals surface area contributed by atoms with E-state index in [4.69, 9.17) is 4.74 Å². The second kappa shape index (κ2) is 7.19. The van der Waals surface area contributed by atoms with Gasteiger partial charge in [-0.25, -0.2) is 4.79 Å². The van der Waals surface area contributed by atoms with Gasteiger partial charge >= 0.3 is 11.2 Å². The number of anilines is 1. The summed E-state index contributed by atoms with van der Waals surface area (Å²) >= 11 is -1.38. The van der Waals surface area contributed by atoms with E-state index in [-0.39, 0.29) is 24.0 Å². The molecule has 0 aromatic carbocycles. The van der Waals surface area contributed by atoms with E-state index in [1.165, 1.54) is 6.26 Å². The molecule has 162 valence electrons. The Kier molecular flexibility index (Phi) is 5.05. The van der Waals surface area contributed by atoms with Gasteiger partial charge in [0.1, 0.15) is 23.2 Å². The van der Waals surface area contributed by atoms with Gasteiger partial charge < -0.3 is 14.2 Å². The number of rotatable bonds is 2. The maximum absolute atomic E-state index is 13.6. The first-order valence-electron chi connectivity index (χ1n) is 10.1. The predicted octanol–water partition coefficient (Wildman–Crippen LogP) is 1.95. The molecule has 9 nitrogen and oxygen atoms in total. The second-order valence-corrected chi connectivity index (χ2v) is 10.4. The third-order valence-electron chi connectivity index (χ3n) is 5.81. The highest BCUT2D eigenvalue weighted by molar-refractivity contribution is 7.90. The molecule has 1 saturated heterocycles. The van der Waals surface area contributed by atoms with E-state index >= 15 is 0 Å². The number of fused-ring (bicyclic) bond motifs is 1. The van der Waals surface area contributed by atoms with E-state index in [2.05, 4.69) is 9.97 Å². The van der Waals surface area contributed by atoms with Gasteiger partial charge in [-0.2, -0.15) is 14.9 Å². The summed E-state index contributed by atoms with van der Waals surface area (Å²) in [7, 11) is 0. The molecule has 3 heterocycles. The number of ether oxygens (including phenoxy) is 1. The zero-order valence-corrected chi connectivity index (χ0v) is 18.5. The van der Waals surface area contributed by atoms with Crippen LogP contribution >= 0.6 is 0 Å². The predicted molar refractivity (Wildman–Crippen MR) is 108 cm³/mol. The van der Waals surface area contributed by atoms with Crippen LogP contribution in [-0.4, -0.2) is 60.8 Å². The Morgan fingerprint density at radius 1 is 1.27 bits per heavy atom. The largest absolute Gasteiger partial charge is 0.609 e. The molecule has 1 spiro atoms. The Labute approximate surface area is 178 Å². The fraction of sp³-hybridized carbons (Fsp3) is 0.650. The molecule has 10 heteroatoms. The molecular weight excluding hydrogens is 408 g/mol. The Bertz CT molecular complexity index is 909. The molecule has 2 atom stereocenters. The lowest BCUT2D eigenvalue weighted by molar-refractivity contribution is -0.138. The zero-order valence-electron chi connectivity index (χ0n) is 17.6. The van der Waals surface area contributed by atoms with Crippen molar-refractivity contribution in [3.8, 4) is 0 Å². The first-order valence-corrected chi connectivity index (χ1v) is 11.7. The molecule has 30 heavy (non-hydrogen) atoms. The minimum atomic E-state index is -1.38. The van der Waals surface area contributed by atoms with Crippen LogP contribution in [0, 0.1) is 0 Å². The molecule has 4 rings (SSSR count). The maximum atomic E-state index is 13.6. The van der Waals surface area contributed by atoms with Gasteiger partial charge in [0.15, 0.2) is 0 Å². The molecule has 3 amide bonds. The van der Waals surface area contributed by atoms with Crippen molar-refractivity contribution in [3.05, 3.63) is 11.8 Å². The Morgan fingerprint density at radius 2 is 1.93 bits per heavy atom. The summed E-state index contributed by atoms with van der Waals surface area (Å²) in [5, 5.41) is 0.189. The Hall–Kier alpha value is -2.20. The molecular formula is C20H26N4O5S. The highest BCUT2D eigenvalue weighted by Crippen LogP contribution is 2.48. The maximum Gasteiger partial charge on any atom is 0.424 e. The second-order valence-electron chi connectivity index (χ2n) is 9.16. The molecule has 0 radical (unpaired) electrons.